The molecule has 8 heteroatoms. The number of carbonyl (C=O) groups is 1. The molecule has 0 spiro atoms. The summed E-state index contributed by atoms with van der Waals surface area (Å²) >= 11 is 0. The average Bonchev–Trinajstić information content (AvgIpc) is 3.30. The first kappa shape index (κ1) is 17.0. The van der Waals surface area contributed by atoms with Crippen molar-refractivity contribution in [2.45, 2.75) is 25.0 Å². The third-order valence-corrected chi connectivity index (χ3v) is 5.57. The molecule has 2 aliphatic rings. The molecule has 4 rings (SSSR count). The molecule has 1 N–H and O–H groups in total. The molecule has 2 fully saturated rings. The number of pyridine rings is 1. The van der Waals surface area contributed by atoms with Gasteiger partial charge in [-0.25, -0.2) is 14.4 Å². The second-order valence-electron chi connectivity index (χ2n) is 7.05. The minimum atomic E-state index is -0.651. The number of nitrogens with zero attached hydrogens (tertiary/aromatic N) is 4. The van der Waals surface area contributed by atoms with Gasteiger partial charge < -0.3 is 19.3 Å². The zero-order valence-corrected chi connectivity index (χ0v) is 14.5. The van der Waals surface area contributed by atoms with Crippen LogP contribution in [-0.2, 0) is 0 Å². The van der Waals surface area contributed by atoms with Gasteiger partial charge in [0.15, 0.2) is 5.82 Å². The molecule has 0 radical (unpaired) electrons. The van der Waals surface area contributed by atoms with Gasteiger partial charge in [-0.3, -0.25) is 4.79 Å². The fourth-order valence-electron chi connectivity index (χ4n) is 4.22. The Kier molecular flexibility index (Phi) is 4.36. The van der Waals surface area contributed by atoms with Crippen LogP contribution in [0.25, 0.3) is 0 Å². The number of likely N-dealkylation sites (tertiary alicyclic amines) is 1. The highest BCUT2D eigenvalue weighted by molar-refractivity contribution is 5.94. The number of ether oxygens (including phenoxy) is 1. The van der Waals surface area contributed by atoms with Crippen molar-refractivity contribution in [3.8, 4) is 5.88 Å². The quantitative estimate of drug-likeness (QED) is 0.897. The van der Waals surface area contributed by atoms with Crippen LogP contribution in [0.1, 0.15) is 29.2 Å². The normalized spacial score (nSPS) is 28.0. The number of aliphatic hydroxyl groups is 1. The van der Waals surface area contributed by atoms with Crippen molar-refractivity contribution in [2.75, 3.05) is 20.2 Å². The van der Waals surface area contributed by atoms with Gasteiger partial charge >= 0.3 is 0 Å². The summed E-state index contributed by atoms with van der Waals surface area (Å²) in [4.78, 5) is 22.3. The Bertz CT molecular complexity index is 798. The Labute approximate surface area is 150 Å². The lowest BCUT2D eigenvalue weighted by Crippen LogP contribution is -2.35. The van der Waals surface area contributed by atoms with Gasteiger partial charge in [-0.15, -0.1) is 0 Å². The number of aliphatic hydroxyl groups excluding tert-OH is 1. The summed E-state index contributed by atoms with van der Waals surface area (Å²) in [6.45, 7) is 1.09. The summed E-state index contributed by atoms with van der Waals surface area (Å²) in [6, 6.07) is 1.30. The van der Waals surface area contributed by atoms with Crippen molar-refractivity contribution in [3.05, 3.63) is 42.4 Å². The topological polar surface area (TPSA) is 80.5 Å². The molecule has 1 aliphatic heterocycles. The highest BCUT2D eigenvalue weighted by Gasteiger charge is 2.43. The first-order chi connectivity index (χ1) is 12.6. The Morgan fingerprint density at radius 2 is 2.12 bits per heavy atom. The summed E-state index contributed by atoms with van der Waals surface area (Å²) in [5.41, 5.74) is -0.0257. The smallest absolute Gasteiger partial charge is 0.257 e. The van der Waals surface area contributed by atoms with Gasteiger partial charge in [0.25, 0.3) is 5.91 Å². The molecule has 1 aliphatic carbocycles. The SMILES string of the molecule is COc1cc(C(=O)N2C[C@H]3C[C@@H](n4ccnc4)[C@H](O)C[C@H]3C2)c(F)cn1. The Morgan fingerprint density at radius 3 is 2.81 bits per heavy atom. The maximum Gasteiger partial charge on any atom is 0.257 e. The van der Waals surface area contributed by atoms with Crippen molar-refractivity contribution in [1.82, 2.24) is 19.4 Å². The monoisotopic (exact) mass is 360 g/mol. The number of rotatable bonds is 3. The van der Waals surface area contributed by atoms with Crippen molar-refractivity contribution in [1.29, 1.82) is 0 Å². The number of amides is 1. The van der Waals surface area contributed by atoms with Gasteiger partial charge in [-0.2, -0.15) is 0 Å². The molecule has 1 amide bonds. The fraction of sp³-hybridized carbons (Fsp3) is 0.500. The van der Waals surface area contributed by atoms with Crippen molar-refractivity contribution in [3.63, 3.8) is 0 Å². The minimum Gasteiger partial charge on any atom is -0.481 e. The Balaban J connectivity index is 1.51. The summed E-state index contributed by atoms with van der Waals surface area (Å²) in [7, 11) is 1.43. The molecule has 1 saturated heterocycles. The molecule has 0 unspecified atom stereocenters. The number of fused-ring (bicyclic) bond motifs is 1. The number of carbonyl (C=O) groups excluding carboxylic acids is 1. The molecule has 2 aromatic heterocycles. The summed E-state index contributed by atoms with van der Waals surface area (Å²) in [5, 5.41) is 10.5. The third-order valence-electron chi connectivity index (χ3n) is 5.57. The molecular weight excluding hydrogens is 339 g/mol. The lowest BCUT2D eigenvalue weighted by atomic mass is 9.77. The molecule has 1 saturated carbocycles. The molecular formula is C18H21FN4O3. The van der Waals surface area contributed by atoms with Gasteiger partial charge in [-0.05, 0) is 24.7 Å². The number of hydrogen-bond donors (Lipinski definition) is 1. The van der Waals surface area contributed by atoms with Crippen LogP contribution < -0.4 is 4.74 Å². The van der Waals surface area contributed by atoms with Crippen LogP contribution in [-0.4, -0.2) is 56.8 Å². The number of imidazole rings is 1. The molecule has 4 atom stereocenters. The van der Waals surface area contributed by atoms with Crippen LogP contribution in [0, 0.1) is 17.7 Å². The standard InChI is InChI=1S/C18H21FN4O3/c1-26-17-6-13(14(19)7-21-17)18(25)23-8-11-4-15(22-3-2-20-10-22)16(24)5-12(11)9-23/h2-3,6-7,10-12,15-16,24H,4-5,8-9H2,1H3/t11-,12+,15-,16-/m1/s1. The number of halogens is 1. The van der Waals surface area contributed by atoms with Gasteiger partial charge in [0, 0.05) is 31.5 Å². The molecule has 26 heavy (non-hydrogen) atoms. The van der Waals surface area contributed by atoms with Gasteiger partial charge in [0.1, 0.15) is 0 Å². The van der Waals surface area contributed by atoms with E-state index in [0.29, 0.717) is 19.5 Å². The number of aromatic nitrogens is 3. The van der Waals surface area contributed by atoms with E-state index in [9.17, 15) is 14.3 Å². The van der Waals surface area contributed by atoms with E-state index in [-0.39, 0.29) is 35.2 Å². The Morgan fingerprint density at radius 1 is 1.35 bits per heavy atom. The second-order valence-corrected chi connectivity index (χ2v) is 7.05. The lowest BCUT2D eigenvalue weighted by Gasteiger charge is -2.35. The van der Waals surface area contributed by atoms with Gasteiger partial charge in [0.05, 0.1) is 37.3 Å². The molecule has 2 aromatic rings. The molecule has 7 nitrogen and oxygen atoms in total. The van der Waals surface area contributed by atoms with Crippen LogP contribution in [0.2, 0.25) is 0 Å². The van der Waals surface area contributed by atoms with Crippen molar-refractivity contribution >= 4 is 5.91 Å². The molecule has 0 aromatic carbocycles. The van der Waals surface area contributed by atoms with E-state index in [1.165, 1.54) is 13.2 Å². The van der Waals surface area contributed by atoms with Crippen LogP contribution in [0.3, 0.4) is 0 Å². The maximum absolute atomic E-state index is 14.1. The lowest BCUT2D eigenvalue weighted by molar-refractivity contribution is 0.0357. The number of methoxy groups -OCH3 is 1. The van der Waals surface area contributed by atoms with Crippen LogP contribution in [0.5, 0.6) is 5.88 Å². The zero-order valence-electron chi connectivity index (χ0n) is 14.5. The number of hydrogen-bond acceptors (Lipinski definition) is 5. The first-order valence-electron chi connectivity index (χ1n) is 8.71. The van der Waals surface area contributed by atoms with E-state index in [0.717, 1.165) is 12.6 Å². The predicted octanol–water partition coefficient (Wildman–Crippen LogP) is 1.51. The first-order valence-corrected chi connectivity index (χ1v) is 8.71. The molecule has 0 bridgehead atoms. The van der Waals surface area contributed by atoms with Crippen LogP contribution in [0.4, 0.5) is 4.39 Å². The van der Waals surface area contributed by atoms with E-state index >= 15 is 0 Å². The zero-order chi connectivity index (χ0) is 18.3. The second kappa shape index (κ2) is 6.68. The van der Waals surface area contributed by atoms with Crippen LogP contribution >= 0.6 is 0 Å². The van der Waals surface area contributed by atoms with Gasteiger partial charge in [-0.1, -0.05) is 0 Å². The maximum atomic E-state index is 14.1. The van der Waals surface area contributed by atoms with E-state index in [1.807, 2.05) is 10.8 Å². The third kappa shape index (κ3) is 2.94. The highest BCUT2D eigenvalue weighted by atomic mass is 19.1. The molecule has 138 valence electrons. The van der Waals surface area contributed by atoms with E-state index in [4.69, 9.17) is 4.74 Å². The van der Waals surface area contributed by atoms with E-state index in [2.05, 4.69) is 9.97 Å². The molecule has 3 heterocycles. The highest BCUT2D eigenvalue weighted by Crippen LogP contribution is 2.41. The summed E-state index contributed by atoms with van der Waals surface area (Å²) in [5.74, 6) is -0.294. The minimum absolute atomic E-state index is 0.0257. The van der Waals surface area contributed by atoms with Crippen LogP contribution in [0.15, 0.2) is 31.0 Å². The van der Waals surface area contributed by atoms with E-state index < -0.39 is 11.9 Å². The Hall–Kier alpha value is -2.48. The van der Waals surface area contributed by atoms with E-state index in [1.54, 1.807) is 17.4 Å². The largest absolute Gasteiger partial charge is 0.481 e. The summed E-state index contributed by atoms with van der Waals surface area (Å²) < 4.78 is 21.0. The summed E-state index contributed by atoms with van der Waals surface area (Å²) in [6.07, 6.45) is 7.19. The fourth-order valence-corrected chi connectivity index (χ4v) is 4.22. The predicted molar refractivity (Wildman–Crippen MR) is 90.1 cm³/mol. The van der Waals surface area contributed by atoms with Crippen molar-refractivity contribution < 1.29 is 19.0 Å². The van der Waals surface area contributed by atoms with Crippen molar-refractivity contribution in [2.24, 2.45) is 11.8 Å². The average molecular weight is 360 g/mol. The van der Waals surface area contributed by atoms with Gasteiger partial charge in [0.2, 0.25) is 5.88 Å².